The van der Waals surface area contributed by atoms with Gasteiger partial charge in [-0.25, -0.2) is 0 Å². The summed E-state index contributed by atoms with van der Waals surface area (Å²) < 4.78 is 37.0. The Kier molecular flexibility index (Phi) is 3.76. The summed E-state index contributed by atoms with van der Waals surface area (Å²) >= 11 is 0. The van der Waals surface area contributed by atoms with Gasteiger partial charge in [-0.2, -0.15) is 18.4 Å². The van der Waals surface area contributed by atoms with Crippen molar-refractivity contribution in [2.24, 2.45) is 5.92 Å². The molecule has 2 nitrogen and oxygen atoms in total. The zero-order chi connectivity index (χ0) is 10.6. The van der Waals surface area contributed by atoms with Crippen molar-refractivity contribution in [3.05, 3.63) is 0 Å². The van der Waals surface area contributed by atoms with E-state index >= 15 is 0 Å². The monoisotopic (exact) mass is 206 g/mol. The number of piperidine rings is 1. The lowest BCUT2D eigenvalue weighted by Crippen LogP contribution is -2.41. The third kappa shape index (κ3) is 3.18. The van der Waals surface area contributed by atoms with Crippen LogP contribution in [-0.2, 0) is 0 Å². The van der Waals surface area contributed by atoms with Crippen molar-refractivity contribution < 1.29 is 13.2 Å². The van der Waals surface area contributed by atoms with Crippen LogP contribution in [-0.4, -0.2) is 30.7 Å². The van der Waals surface area contributed by atoms with Crippen LogP contribution in [0.25, 0.3) is 0 Å². The summed E-state index contributed by atoms with van der Waals surface area (Å²) in [6.07, 6.45) is -2.96. The van der Waals surface area contributed by atoms with Crippen LogP contribution in [0.5, 0.6) is 0 Å². The van der Waals surface area contributed by atoms with Crippen LogP contribution in [0.3, 0.4) is 0 Å². The molecule has 0 amide bonds. The minimum absolute atomic E-state index is 0.0607. The molecular formula is C9H13F3N2. The fourth-order valence-corrected chi connectivity index (χ4v) is 1.73. The summed E-state index contributed by atoms with van der Waals surface area (Å²) in [7, 11) is 0. The van der Waals surface area contributed by atoms with Crippen LogP contribution in [0, 0.1) is 17.2 Å². The van der Waals surface area contributed by atoms with Gasteiger partial charge in [-0.1, -0.05) is 0 Å². The first-order chi connectivity index (χ1) is 6.54. The van der Waals surface area contributed by atoms with Crippen molar-refractivity contribution in [3.63, 3.8) is 0 Å². The van der Waals surface area contributed by atoms with Gasteiger partial charge in [0, 0.05) is 19.5 Å². The van der Waals surface area contributed by atoms with Gasteiger partial charge in [-0.05, 0) is 19.4 Å². The Balaban J connectivity index is 2.40. The lowest BCUT2D eigenvalue weighted by molar-refractivity contribution is -0.186. The van der Waals surface area contributed by atoms with Gasteiger partial charge in [0.05, 0.1) is 12.0 Å². The molecule has 0 bridgehead atoms. The number of likely N-dealkylation sites (tertiary alicyclic amines) is 1. The maximum absolute atomic E-state index is 12.3. The highest BCUT2D eigenvalue weighted by atomic mass is 19.4. The average molecular weight is 206 g/mol. The highest BCUT2D eigenvalue weighted by Crippen LogP contribution is 2.32. The topological polar surface area (TPSA) is 27.0 Å². The number of hydrogen-bond donors (Lipinski definition) is 0. The van der Waals surface area contributed by atoms with Gasteiger partial charge in [0.1, 0.15) is 0 Å². The van der Waals surface area contributed by atoms with E-state index in [1.165, 1.54) is 0 Å². The third-order valence-electron chi connectivity index (χ3n) is 2.51. The Labute approximate surface area is 81.3 Å². The molecule has 1 aliphatic rings. The molecule has 0 N–H and O–H groups in total. The molecule has 1 atom stereocenters. The van der Waals surface area contributed by atoms with Gasteiger partial charge in [0.15, 0.2) is 0 Å². The van der Waals surface area contributed by atoms with E-state index in [9.17, 15) is 13.2 Å². The first-order valence-corrected chi connectivity index (χ1v) is 4.70. The second kappa shape index (κ2) is 4.65. The Morgan fingerprint density at radius 3 is 2.71 bits per heavy atom. The quantitative estimate of drug-likeness (QED) is 0.692. The van der Waals surface area contributed by atoms with Crippen molar-refractivity contribution in [2.45, 2.75) is 25.4 Å². The van der Waals surface area contributed by atoms with Crippen molar-refractivity contribution in [1.29, 1.82) is 5.26 Å². The van der Waals surface area contributed by atoms with Crippen LogP contribution in [0.1, 0.15) is 19.3 Å². The van der Waals surface area contributed by atoms with E-state index in [1.54, 1.807) is 4.90 Å². The normalized spacial score (nSPS) is 24.6. The smallest absolute Gasteiger partial charge is 0.302 e. The van der Waals surface area contributed by atoms with E-state index < -0.39 is 12.1 Å². The van der Waals surface area contributed by atoms with E-state index in [0.717, 1.165) is 0 Å². The summed E-state index contributed by atoms with van der Waals surface area (Å²) in [5.41, 5.74) is 0. The van der Waals surface area contributed by atoms with E-state index in [-0.39, 0.29) is 13.0 Å². The van der Waals surface area contributed by atoms with Gasteiger partial charge in [0.25, 0.3) is 0 Å². The number of halogens is 3. The lowest BCUT2D eigenvalue weighted by Gasteiger charge is -2.33. The number of hydrogen-bond acceptors (Lipinski definition) is 2. The van der Waals surface area contributed by atoms with Gasteiger partial charge in [-0.15, -0.1) is 0 Å². The fourth-order valence-electron chi connectivity index (χ4n) is 1.73. The molecule has 1 heterocycles. The molecule has 5 heteroatoms. The Hall–Kier alpha value is -0.760. The predicted octanol–water partition coefficient (Wildman–Crippen LogP) is 2.17. The van der Waals surface area contributed by atoms with Gasteiger partial charge >= 0.3 is 6.18 Å². The highest BCUT2D eigenvalue weighted by molar-refractivity contribution is 4.80. The van der Waals surface area contributed by atoms with Crippen LogP contribution in [0.2, 0.25) is 0 Å². The van der Waals surface area contributed by atoms with E-state index in [4.69, 9.17) is 5.26 Å². The molecule has 80 valence electrons. The number of alkyl halides is 3. The third-order valence-corrected chi connectivity index (χ3v) is 2.51. The first-order valence-electron chi connectivity index (χ1n) is 4.70. The highest BCUT2D eigenvalue weighted by Gasteiger charge is 2.41. The van der Waals surface area contributed by atoms with Crippen LogP contribution < -0.4 is 0 Å². The van der Waals surface area contributed by atoms with Crippen LogP contribution >= 0.6 is 0 Å². The summed E-state index contributed by atoms with van der Waals surface area (Å²) in [4.78, 5) is 1.73. The minimum Gasteiger partial charge on any atom is -0.302 e. The van der Waals surface area contributed by atoms with E-state index in [2.05, 4.69) is 0 Å². The molecule has 1 unspecified atom stereocenters. The Morgan fingerprint density at radius 2 is 2.14 bits per heavy atom. The molecule has 1 fully saturated rings. The van der Waals surface area contributed by atoms with Crippen molar-refractivity contribution in [3.8, 4) is 6.07 Å². The number of nitrogens with zero attached hydrogens (tertiary/aromatic N) is 2. The second-order valence-electron chi connectivity index (χ2n) is 3.59. The molecule has 0 aromatic carbocycles. The second-order valence-corrected chi connectivity index (χ2v) is 3.59. The maximum Gasteiger partial charge on any atom is 0.393 e. The Morgan fingerprint density at radius 1 is 1.43 bits per heavy atom. The summed E-state index contributed by atoms with van der Waals surface area (Å²) in [6.45, 7) is 1.21. The SMILES string of the molecule is N#CCCN1CCCC(C(F)(F)F)C1. The summed E-state index contributed by atoms with van der Waals surface area (Å²) in [6, 6.07) is 1.95. The molecular weight excluding hydrogens is 193 g/mol. The molecule has 0 radical (unpaired) electrons. The zero-order valence-electron chi connectivity index (χ0n) is 7.85. The predicted molar refractivity (Wildman–Crippen MR) is 45.4 cm³/mol. The molecule has 1 aliphatic heterocycles. The molecule has 0 aliphatic carbocycles. The molecule has 0 aromatic heterocycles. The molecule has 1 saturated heterocycles. The fraction of sp³-hybridized carbons (Fsp3) is 0.889. The summed E-state index contributed by atoms with van der Waals surface area (Å²) in [5.74, 6) is -1.20. The molecule has 1 rings (SSSR count). The van der Waals surface area contributed by atoms with Crippen LogP contribution in [0.4, 0.5) is 13.2 Å². The largest absolute Gasteiger partial charge is 0.393 e. The molecule has 0 saturated carbocycles. The van der Waals surface area contributed by atoms with E-state index in [1.807, 2.05) is 6.07 Å². The van der Waals surface area contributed by atoms with Gasteiger partial charge in [0.2, 0.25) is 0 Å². The van der Waals surface area contributed by atoms with E-state index in [0.29, 0.717) is 25.9 Å². The maximum atomic E-state index is 12.3. The van der Waals surface area contributed by atoms with Gasteiger partial charge < -0.3 is 4.90 Å². The van der Waals surface area contributed by atoms with Crippen molar-refractivity contribution in [1.82, 2.24) is 4.90 Å². The van der Waals surface area contributed by atoms with Crippen LogP contribution in [0.15, 0.2) is 0 Å². The number of nitriles is 1. The summed E-state index contributed by atoms with van der Waals surface area (Å²) in [5, 5.41) is 8.32. The van der Waals surface area contributed by atoms with Gasteiger partial charge in [-0.3, -0.25) is 0 Å². The standard InChI is InChI=1S/C9H13F3N2/c10-9(11,12)8-3-1-5-14(7-8)6-2-4-13/h8H,1-3,5-7H2. The Bertz CT molecular complexity index is 219. The average Bonchev–Trinajstić information content (AvgIpc) is 2.14. The zero-order valence-corrected chi connectivity index (χ0v) is 7.85. The number of rotatable bonds is 2. The molecule has 0 aromatic rings. The first kappa shape index (κ1) is 11.3. The molecule has 14 heavy (non-hydrogen) atoms. The van der Waals surface area contributed by atoms with Crippen molar-refractivity contribution >= 4 is 0 Å². The van der Waals surface area contributed by atoms with Crippen molar-refractivity contribution in [2.75, 3.05) is 19.6 Å². The lowest BCUT2D eigenvalue weighted by atomic mass is 9.97. The molecule has 0 spiro atoms. The minimum atomic E-state index is -4.08.